The SMILES string of the molecule is NCCCCC(N)C(=O)O.O=P(O)(O)C(O)(Cn1ccnc1)P(=O)(O)O. The van der Waals surface area contributed by atoms with Crippen molar-refractivity contribution >= 4 is 21.2 Å². The Labute approximate surface area is 149 Å². The van der Waals surface area contributed by atoms with E-state index in [9.17, 15) is 19.0 Å². The van der Waals surface area contributed by atoms with Crippen LogP contribution in [0.1, 0.15) is 19.3 Å². The summed E-state index contributed by atoms with van der Waals surface area (Å²) in [5, 5.41) is 14.4. The zero-order valence-corrected chi connectivity index (χ0v) is 15.5. The van der Waals surface area contributed by atoms with Crippen molar-refractivity contribution in [3.05, 3.63) is 18.7 Å². The quantitative estimate of drug-likeness (QED) is 0.167. The number of rotatable bonds is 9. The van der Waals surface area contributed by atoms with Gasteiger partial charge in [0.1, 0.15) is 6.04 Å². The molecule has 0 aliphatic heterocycles. The molecule has 26 heavy (non-hydrogen) atoms. The summed E-state index contributed by atoms with van der Waals surface area (Å²) in [4.78, 5) is 48.9. The van der Waals surface area contributed by atoms with E-state index < -0.39 is 38.8 Å². The first-order valence-electron chi connectivity index (χ1n) is 7.24. The van der Waals surface area contributed by atoms with Crippen molar-refractivity contribution in [3.63, 3.8) is 0 Å². The molecule has 10 N–H and O–H groups in total. The fourth-order valence-corrected chi connectivity index (χ4v) is 3.66. The molecule has 15 heteroatoms. The average Bonchev–Trinajstić information content (AvgIpc) is 2.98. The third kappa shape index (κ3) is 7.62. The third-order valence-corrected chi connectivity index (χ3v) is 6.89. The number of carboxylic acids is 1. The lowest BCUT2D eigenvalue weighted by molar-refractivity contribution is -0.138. The van der Waals surface area contributed by atoms with Crippen LogP contribution in [0, 0.1) is 0 Å². The predicted molar refractivity (Wildman–Crippen MR) is 89.8 cm³/mol. The molecule has 0 spiro atoms. The Kier molecular flexibility index (Phi) is 9.81. The molecule has 0 saturated heterocycles. The van der Waals surface area contributed by atoms with Crippen molar-refractivity contribution in [2.45, 2.75) is 36.9 Å². The molecule has 0 saturated carbocycles. The van der Waals surface area contributed by atoms with Crippen molar-refractivity contribution in [1.29, 1.82) is 0 Å². The van der Waals surface area contributed by atoms with Crippen LogP contribution in [-0.2, 0) is 20.5 Å². The van der Waals surface area contributed by atoms with Crippen molar-refractivity contribution in [2.24, 2.45) is 11.5 Å². The first-order valence-corrected chi connectivity index (χ1v) is 10.5. The highest BCUT2D eigenvalue weighted by atomic mass is 31.2. The lowest BCUT2D eigenvalue weighted by atomic mass is 10.1. The number of nitrogens with zero attached hydrogens (tertiary/aromatic N) is 2. The van der Waals surface area contributed by atoms with Crippen LogP contribution >= 0.6 is 15.2 Å². The Morgan fingerprint density at radius 3 is 2.08 bits per heavy atom. The minimum absolute atomic E-state index is 0.520. The lowest BCUT2D eigenvalue weighted by Gasteiger charge is -2.29. The normalized spacial score (nSPS) is 13.7. The monoisotopic (exact) mass is 418 g/mol. The summed E-state index contributed by atoms with van der Waals surface area (Å²) in [5.41, 5.74) is 10.4. The van der Waals surface area contributed by atoms with Crippen LogP contribution in [0.2, 0.25) is 0 Å². The molecular formula is C11H24N4O9P2. The number of hydrogen-bond acceptors (Lipinski definition) is 7. The first kappa shape index (κ1) is 24.9. The summed E-state index contributed by atoms with van der Waals surface area (Å²) in [5.74, 6) is -0.933. The van der Waals surface area contributed by atoms with Gasteiger partial charge in [-0.05, 0) is 19.4 Å². The van der Waals surface area contributed by atoms with E-state index in [-0.39, 0.29) is 0 Å². The van der Waals surface area contributed by atoms with Gasteiger partial charge >= 0.3 is 21.2 Å². The largest absolute Gasteiger partial charge is 0.480 e. The molecule has 1 aromatic rings. The minimum atomic E-state index is -5.41. The molecule has 0 amide bonds. The van der Waals surface area contributed by atoms with Crippen LogP contribution in [-0.4, -0.2) is 63.0 Å². The van der Waals surface area contributed by atoms with Gasteiger partial charge in [0.05, 0.1) is 12.9 Å². The fraction of sp³-hybridized carbons (Fsp3) is 0.636. The summed E-state index contributed by atoms with van der Waals surface area (Å²) in [7, 11) is -10.8. The maximum Gasteiger partial charge on any atom is 0.371 e. The molecular weight excluding hydrogens is 394 g/mol. The number of aliphatic hydroxyl groups is 1. The van der Waals surface area contributed by atoms with Crippen LogP contribution in [0.25, 0.3) is 0 Å². The molecule has 0 radical (unpaired) electrons. The Bertz CT molecular complexity index is 620. The number of carboxylic acid groups (broad SMARTS) is 1. The fourth-order valence-electron chi connectivity index (χ4n) is 1.61. The van der Waals surface area contributed by atoms with E-state index in [4.69, 9.17) is 36.1 Å². The second kappa shape index (κ2) is 10.3. The number of unbranched alkanes of at least 4 members (excludes halogenated alkanes) is 1. The van der Waals surface area contributed by atoms with Gasteiger partial charge in [-0.3, -0.25) is 13.9 Å². The maximum absolute atomic E-state index is 10.9. The summed E-state index contributed by atoms with van der Waals surface area (Å²) in [6.45, 7) is -0.353. The van der Waals surface area contributed by atoms with Crippen molar-refractivity contribution in [2.75, 3.05) is 6.54 Å². The number of aromatic nitrogens is 2. The minimum Gasteiger partial charge on any atom is -0.480 e. The van der Waals surface area contributed by atoms with Gasteiger partial charge in [-0.1, -0.05) is 6.42 Å². The van der Waals surface area contributed by atoms with Gasteiger partial charge in [0.25, 0.3) is 5.08 Å². The highest BCUT2D eigenvalue weighted by Gasteiger charge is 2.59. The number of aliphatic carboxylic acids is 1. The molecule has 1 rings (SSSR count). The molecule has 0 aliphatic carbocycles. The number of imidazole rings is 1. The molecule has 0 bridgehead atoms. The predicted octanol–water partition coefficient (Wildman–Crippen LogP) is -1.59. The topological polar surface area (TPSA) is 242 Å². The maximum atomic E-state index is 10.9. The molecule has 13 nitrogen and oxygen atoms in total. The summed E-state index contributed by atoms with van der Waals surface area (Å²) >= 11 is 0. The highest BCUT2D eigenvalue weighted by Crippen LogP contribution is 2.67. The molecule has 0 aromatic carbocycles. The van der Waals surface area contributed by atoms with Gasteiger partial charge in [0.2, 0.25) is 0 Å². The van der Waals surface area contributed by atoms with Gasteiger partial charge in [0, 0.05) is 12.4 Å². The number of nitrogens with two attached hydrogens (primary N) is 2. The van der Waals surface area contributed by atoms with E-state index in [0.717, 1.165) is 23.7 Å². The van der Waals surface area contributed by atoms with Crippen molar-refractivity contribution < 1.29 is 43.7 Å². The summed E-state index contributed by atoms with van der Waals surface area (Å²) < 4.78 is 22.8. The van der Waals surface area contributed by atoms with E-state index in [0.29, 0.717) is 13.0 Å². The van der Waals surface area contributed by atoms with Crippen LogP contribution in [0.3, 0.4) is 0 Å². The Morgan fingerprint density at radius 2 is 1.73 bits per heavy atom. The third-order valence-electron chi connectivity index (χ3n) is 3.17. The van der Waals surface area contributed by atoms with Crippen molar-refractivity contribution in [1.82, 2.24) is 9.55 Å². The molecule has 0 aliphatic rings. The lowest BCUT2D eigenvalue weighted by Crippen LogP contribution is -2.33. The van der Waals surface area contributed by atoms with Gasteiger partial charge < -0.3 is 45.8 Å². The molecule has 152 valence electrons. The van der Waals surface area contributed by atoms with Crippen LogP contribution in [0.4, 0.5) is 0 Å². The molecule has 0 fully saturated rings. The Morgan fingerprint density at radius 1 is 1.19 bits per heavy atom. The second-order valence-electron chi connectivity index (χ2n) is 5.33. The van der Waals surface area contributed by atoms with E-state index in [2.05, 4.69) is 4.98 Å². The molecule has 1 unspecified atom stereocenters. The van der Waals surface area contributed by atoms with Gasteiger partial charge in [-0.2, -0.15) is 0 Å². The van der Waals surface area contributed by atoms with Gasteiger partial charge in [-0.25, -0.2) is 4.98 Å². The van der Waals surface area contributed by atoms with E-state index in [1.165, 1.54) is 12.4 Å². The number of hydrogen-bond donors (Lipinski definition) is 8. The summed E-state index contributed by atoms with van der Waals surface area (Å²) in [6, 6.07) is -0.716. The smallest absolute Gasteiger partial charge is 0.371 e. The van der Waals surface area contributed by atoms with E-state index in [1.807, 2.05) is 0 Å². The molecule has 1 heterocycles. The summed E-state index contributed by atoms with van der Waals surface area (Å²) in [6.07, 6.45) is 5.67. The first-order chi connectivity index (χ1) is 11.8. The Balaban J connectivity index is 0.000000541. The zero-order chi connectivity index (χ0) is 20.6. The van der Waals surface area contributed by atoms with E-state index >= 15 is 0 Å². The van der Waals surface area contributed by atoms with Crippen molar-refractivity contribution in [3.8, 4) is 0 Å². The van der Waals surface area contributed by atoms with Crippen LogP contribution in [0.5, 0.6) is 0 Å². The number of carbonyl (C=O) groups is 1. The molecule has 1 aromatic heterocycles. The average molecular weight is 418 g/mol. The Hall–Kier alpha value is -1.14. The van der Waals surface area contributed by atoms with Gasteiger partial charge in [0.15, 0.2) is 0 Å². The standard InChI is InChI=1S/C6H14N2O2.C5H10N2O7P2/c7-4-2-1-3-5(8)6(9)10;8-5(15(9,10)11,16(12,13)14)3-7-2-1-6-4-7/h5H,1-4,7-8H2,(H,9,10);1-2,4,8H,3H2,(H2,9,10,11)(H2,12,13,14). The second-order valence-corrected chi connectivity index (χ2v) is 9.34. The zero-order valence-electron chi connectivity index (χ0n) is 13.7. The molecule has 1 atom stereocenters. The van der Waals surface area contributed by atoms with E-state index in [1.54, 1.807) is 0 Å². The van der Waals surface area contributed by atoms with Crippen LogP contribution < -0.4 is 11.5 Å². The van der Waals surface area contributed by atoms with Gasteiger partial charge in [-0.15, -0.1) is 0 Å². The highest BCUT2D eigenvalue weighted by molar-refractivity contribution is 7.72. The van der Waals surface area contributed by atoms with Crippen LogP contribution in [0.15, 0.2) is 18.7 Å².